The van der Waals surface area contributed by atoms with E-state index >= 15 is 0 Å². The zero-order chi connectivity index (χ0) is 20.1. The summed E-state index contributed by atoms with van der Waals surface area (Å²) >= 11 is 5.86. The van der Waals surface area contributed by atoms with Crippen LogP contribution in [0.4, 0.5) is 5.69 Å². The maximum absolute atomic E-state index is 12.5. The van der Waals surface area contributed by atoms with Crippen molar-refractivity contribution in [1.82, 2.24) is 10.3 Å². The van der Waals surface area contributed by atoms with Gasteiger partial charge in [0.05, 0.1) is 11.1 Å². The molecule has 0 fully saturated rings. The van der Waals surface area contributed by atoms with E-state index in [1.54, 1.807) is 12.1 Å². The molecular weight excluding hydrogens is 374 g/mol. The van der Waals surface area contributed by atoms with Crippen LogP contribution in [0.15, 0.2) is 60.9 Å². The summed E-state index contributed by atoms with van der Waals surface area (Å²) in [6.45, 7) is 4.29. The van der Waals surface area contributed by atoms with Gasteiger partial charge in [-0.3, -0.25) is 14.6 Å². The van der Waals surface area contributed by atoms with Gasteiger partial charge in [-0.1, -0.05) is 29.8 Å². The van der Waals surface area contributed by atoms with Crippen LogP contribution in [0.5, 0.6) is 0 Å². The lowest BCUT2D eigenvalue weighted by molar-refractivity contribution is 0.0950. The highest BCUT2D eigenvalue weighted by Crippen LogP contribution is 2.15. The van der Waals surface area contributed by atoms with E-state index in [1.807, 2.05) is 44.2 Å². The lowest BCUT2D eigenvalue weighted by Gasteiger charge is -2.09. The Hall–Kier alpha value is -3.18. The number of hydrogen-bond donors (Lipinski definition) is 2. The second kappa shape index (κ2) is 8.67. The molecule has 0 atom stereocenters. The van der Waals surface area contributed by atoms with E-state index in [9.17, 15) is 9.59 Å². The van der Waals surface area contributed by atoms with Gasteiger partial charge in [-0.25, -0.2) is 0 Å². The third-order valence-electron chi connectivity index (χ3n) is 4.11. The molecule has 6 heteroatoms. The highest BCUT2D eigenvalue weighted by molar-refractivity contribution is 6.30. The Balaban J connectivity index is 1.67. The number of pyridine rings is 1. The first-order valence-electron chi connectivity index (χ1n) is 8.78. The molecule has 1 heterocycles. The van der Waals surface area contributed by atoms with Gasteiger partial charge in [-0.2, -0.15) is 0 Å². The van der Waals surface area contributed by atoms with Gasteiger partial charge >= 0.3 is 0 Å². The van der Waals surface area contributed by atoms with Crippen LogP contribution in [0.2, 0.25) is 5.02 Å². The number of hydrogen-bond acceptors (Lipinski definition) is 3. The number of nitrogens with one attached hydrogen (secondary N) is 2. The van der Waals surface area contributed by atoms with Crippen LogP contribution in [-0.4, -0.2) is 16.8 Å². The molecule has 3 rings (SSSR count). The van der Waals surface area contributed by atoms with Gasteiger partial charge in [0.15, 0.2) is 0 Å². The molecule has 0 radical (unpaired) electrons. The zero-order valence-corrected chi connectivity index (χ0v) is 16.4. The molecule has 0 bridgehead atoms. The van der Waals surface area contributed by atoms with Crippen LogP contribution in [0, 0.1) is 13.8 Å². The van der Waals surface area contributed by atoms with Crippen LogP contribution in [0.25, 0.3) is 0 Å². The monoisotopic (exact) mass is 393 g/mol. The smallest absolute Gasteiger partial charge is 0.257 e. The van der Waals surface area contributed by atoms with Gasteiger partial charge in [0.25, 0.3) is 11.8 Å². The van der Waals surface area contributed by atoms with E-state index in [1.165, 1.54) is 18.5 Å². The number of amides is 2. The molecule has 0 aliphatic carbocycles. The summed E-state index contributed by atoms with van der Waals surface area (Å²) in [7, 11) is 0. The van der Waals surface area contributed by atoms with Crippen molar-refractivity contribution in [3.05, 3.63) is 93.8 Å². The average molecular weight is 394 g/mol. The number of nitrogens with zero attached hydrogens (tertiary/aromatic N) is 1. The Kier molecular flexibility index (Phi) is 6.06. The van der Waals surface area contributed by atoms with E-state index < -0.39 is 0 Å². The summed E-state index contributed by atoms with van der Waals surface area (Å²) < 4.78 is 0. The van der Waals surface area contributed by atoms with E-state index in [0.717, 1.165) is 16.7 Å². The van der Waals surface area contributed by atoms with E-state index in [-0.39, 0.29) is 11.8 Å². The van der Waals surface area contributed by atoms with Crippen molar-refractivity contribution in [3.63, 3.8) is 0 Å². The molecule has 5 nitrogen and oxygen atoms in total. The SMILES string of the molecule is Cc1cc(C)cc(NC(=O)c2cncc(C(=O)NCc3ccc(Cl)cc3)c2)c1. The Bertz CT molecular complexity index is 996. The number of carbonyl (C=O) groups excluding carboxylic acids is 2. The van der Waals surface area contributed by atoms with Crippen molar-refractivity contribution in [2.24, 2.45) is 0 Å². The van der Waals surface area contributed by atoms with E-state index in [2.05, 4.69) is 15.6 Å². The molecule has 0 saturated heterocycles. The van der Waals surface area contributed by atoms with Crippen LogP contribution in [0.3, 0.4) is 0 Å². The number of aromatic nitrogens is 1. The predicted octanol–water partition coefficient (Wildman–Crippen LogP) is 4.53. The third-order valence-corrected chi connectivity index (χ3v) is 4.36. The molecule has 28 heavy (non-hydrogen) atoms. The molecule has 0 saturated carbocycles. The van der Waals surface area contributed by atoms with E-state index in [4.69, 9.17) is 11.6 Å². The zero-order valence-electron chi connectivity index (χ0n) is 15.6. The van der Waals surface area contributed by atoms with Crippen LogP contribution in [-0.2, 0) is 6.54 Å². The molecule has 2 amide bonds. The van der Waals surface area contributed by atoms with Crippen molar-refractivity contribution in [2.75, 3.05) is 5.32 Å². The molecule has 0 unspecified atom stereocenters. The Morgan fingerprint density at radius 1 is 0.893 bits per heavy atom. The number of aryl methyl sites for hydroxylation is 2. The topological polar surface area (TPSA) is 71.1 Å². The number of rotatable bonds is 5. The van der Waals surface area contributed by atoms with Crippen molar-refractivity contribution in [3.8, 4) is 0 Å². The van der Waals surface area contributed by atoms with Gasteiger partial charge in [0.1, 0.15) is 0 Å². The normalized spacial score (nSPS) is 10.4. The highest BCUT2D eigenvalue weighted by Gasteiger charge is 2.12. The summed E-state index contributed by atoms with van der Waals surface area (Å²) in [5.74, 6) is -0.617. The van der Waals surface area contributed by atoms with Crippen LogP contribution >= 0.6 is 11.6 Å². The largest absolute Gasteiger partial charge is 0.348 e. The minimum atomic E-state index is -0.315. The third kappa shape index (κ3) is 5.18. The summed E-state index contributed by atoms with van der Waals surface area (Å²) in [4.78, 5) is 29.0. The summed E-state index contributed by atoms with van der Waals surface area (Å²) in [5, 5.41) is 6.30. The minimum Gasteiger partial charge on any atom is -0.348 e. The number of halogens is 1. The van der Waals surface area contributed by atoms with Gasteiger partial charge in [-0.15, -0.1) is 0 Å². The molecule has 2 aromatic carbocycles. The van der Waals surface area contributed by atoms with Crippen molar-refractivity contribution in [1.29, 1.82) is 0 Å². The van der Waals surface area contributed by atoms with Gasteiger partial charge in [0, 0.05) is 29.6 Å². The lowest BCUT2D eigenvalue weighted by atomic mass is 10.1. The molecular formula is C22H20ClN3O2. The van der Waals surface area contributed by atoms with Crippen molar-refractivity contribution >= 4 is 29.1 Å². The number of anilines is 1. The summed E-state index contributed by atoms with van der Waals surface area (Å²) in [6, 6.07) is 14.6. The average Bonchev–Trinajstić information content (AvgIpc) is 2.66. The van der Waals surface area contributed by atoms with Gasteiger partial charge in [0.2, 0.25) is 0 Å². The number of benzene rings is 2. The second-order valence-electron chi connectivity index (χ2n) is 6.60. The van der Waals surface area contributed by atoms with Crippen molar-refractivity contribution < 1.29 is 9.59 Å². The molecule has 3 aromatic rings. The molecule has 0 spiro atoms. The molecule has 1 aromatic heterocycles. The fourth-order valence-electron chi connectivity index (χ4n) is 2.83. The molecule has 0 aliphatic rings. The fourth-order valence-corrected chi connectivity index (χ4v) is 2.95. The Morgan fingerprint density at radius 3 is 2.14 bits per heavy atom. The van der Waals surface area contributed by atoms with E-state index in [0.29, 0.717) is 28.4 Å². The molecule has 142 valence electrons. The maximum Gasteiger partial charge on any atom is 0.257 e. The lowest BCUT2D eigenvalue weighted by Crippen LogP contribution is -2.23. The van der Waals surface area contributed by atoms with Crippen LogP contribution in [0.1, 0.15) is 37.4 Å². The van der Waals surface area contributed by atoms with Gasteiger partial charge < -0.3 is 10.6 Å². The summed E-state index contributed by atoms with van der Waals surface area (Å²) in [5.41, 5.74) is 4.39. The van der Waals surface area contributed by atoms with Crippen LogP contribution < -0.4 is 10.6 Å². The number of carbonyl (C=O) groups is 2. The Labute approximate surface area is 168 Å². The first kappa shape index (κ1) is 19.6. The minimum absolute atomic E-state index is 0.302. The predicted molar refractivity (Wildman–Crippen MR) is 111 cm³/mol. The second-order valence-corrected chi connectivity index (χ2v) is 7.04. The first-order valence-corrected chi connectivity index (χ1v) is 9.16. The first-order chi connectivity index (χ1) is 13.4. The maximum atomic E-state index is 12.5. The van der Waals surface area contributed by atoms with Crippen molar-refractivity contribution in [2.45, 2.75) is 20.4 Å². The molecule has 0 aliphatic heterocycles. The fraction of sp³-hybridized carbons (Fsp3) is 0.136. The Morgan fingerprint density at radius 2 is 1.50 bits per heavy atom. The summed E-state index contributed by atoms with van der Waals surface area (Å²) in [6.07, 6.45) is 2.87. The quantitative estimate of drug-likeness (QED) is 0.668. The van der Waals surface area contributed by atoms with Gasteiger partial charge in [-0.05, 0) is 60.9 Å². The highest BCUT2D eigenvalue weighted by atomic mass is 35.5. The standard InChI is InChI=1S/C22H20ClN3O2/c1-14-7-15(2)9-20(8-14)26-22(28)18-10-17(12-24-13-18)21(27)25-11-16-3-5-19(23)6-4-16/h3-10,12-13H,11H2,1-2H3,(H,25,27)(H,26,28). The molecule has 2 N–H and O–H groups in total.